The van der Waals surface area contributed by atoms with Gasteiger partial charge in [0.2, 0.25) is 0 Å². The summed E-state index contributed by atoms with van der Waals surface area (Å²) < 4.78 is 0. The number of rotatable bonds is 4. The normalized spacial score (nSPS) is 9.00. The average Bonchev–Trinajstić information content (AvgIpc) is 2.32. The van der Waals surface area contributed by atoms with Crippen molar-refractivity contribution in [1.29, 1.82) is 0 Å². The summed E-state index contributed by atoms with van der Waals surface area (Å²) in [6.07, 6.45) is 0. The molecular weight excluding hydrogens is 226 g/mol. The minimum Gasteiger partial charge on any atom is -0.374 e. The van der Waals surface area contributed by atoms with Crippen LogP contribution in [0.2, 0.25) is 0 Å². The Morgan fingerprint density at radius 2 is 1.00 bits per heavy atom. The van der Waals surface area contributed by atoms with Crippen LogP contribution in [0.25, 0.3) is 0 Å². The topological polar surface area (TPSA) is 30.5 Å². The molecule has 0 aliphatic heterocycles. The summed E-state index contributed by atoms with van der Waals surface area (Å²) in [5, 5.41) is 0. The van der Waals surface area contributed by atoms with Crippen molar-refractivity contribution in [1.82, 2.24) is 5.64 Å². The first-order valence-electron chi connectivity index (χ1n) is 4.64. The fourth-order valence-corrected chi connectivity index (χ4v) is 1.09. The van der Waals surface area contributed by atoms with E-state index in [0.29, 0.717) is 11.5 Å². The molecule has 0 saturated heterocycles. The lowest BCUT2D eigenvalue weighted by molar-refractivity contribution is -0.0191. The van der Waals surface area contributed by atoms with Crippen LogP contribution >= 0.6 is 12.4 Å². The van der Waals surface area contributed by atoms with Crippen molar-refractivity contribution in [3.63, 3.8) is 0 Å². The fraction of sp³-hybridized carbons (Fsp3) is 0. The third-order valence-electron chi connectivity index (χ3n) is 1.81. The quantitative estimate of drug-likeness (QED) is 0.830. The molecular formula is C12H12ClNO2. The number of benzene rings is 2. The van der Waals surface area contributed by atoms with Crippen LogP contribution in [-0.4, -0.2) is 0 Å². The fourth-order valence-electron chi connectivity index (χ4n) is 1.09. The maximum absolute atomic E-state index is 5.14. The molecule has 3 nitrogen and oxygen atoms in total. The summed E-state index contributed by atoms with van der Waals surface area (Å²) in [6.45, 7) is 0. The average molecular weight is 238 g/mol. The first-order valence-corrected chi connectivity index (χ1v) is 4.64. The van der Waals surface area contributed by atoms with E-state index in [2.05, 4.69) is 5.64 Å². The molecule has 0 saturated carbocycles. The van der Waals surface area contributed by atoms with Crippen LogP contribution in [0, 0.1) is 0 Å². The van der Waals surface area contributed by atoms with Gasteiger partial charge in [0, 0.05) is 5.64 Å². The van der Waals surface area contributed by atoms with E-state index in [9.17, 15) is 0 Å². The molecule has 0 aliphatic rings. The van der Waals surface area contributed by atoms with Crippen molar-refractivity contribution in [3.8, 4) is 11.5 Å². The predicted molar refractivity (Wildman–Crippen MR) is 64.5 cm³/mol. The zero-order chi connectivity index (χ0) is 10.3. The van der Waals surface area contributed by atoms with Crippen LogP contribution in [0.5, 0.6) is 11.5 Å². The Hall–Kier alpha value is -1.71. The lowest BCUT2D eigenvalue weighted by atomic mass is 10.3. The van der Waals surface area contributed by atoms with E-state index in [1.807, 2.05) is 60.7 Å². The largest absolute Gasteiger partial charge is 0.374 e. The summed E-state index contributed by atoms with van der Waals surface area (Å²) >= 11 is 0. The highest BCUT2D eigenvalue weighted by Crippen LogP contribution is 2.09. The van der Waals surface area contributed by atoms with E-state index < -0.39 is 0 Å². The number of para-hydroxylation sites is 2. The zero-order valence-electron chi connectivity index (χ0n) is 8.50. The lowest BCUT2D eigenvalue weighted by Crippen LogP contribution is -2.22. The van der Waals surface area contributed by atoms with Crippen molar-refractivity contribution in [2.45, 2.75) is 0 Å². The molecule has 0 bridgehead atoms. The van der Waals surface area contributed by atoms with Gasteiger partial charge >= 0.3 is 0 Å². The van der Waals surface area contributed by atoms with Gasteiger partial charge in [-0.3, -0.25) is 0 Å². The molecule has 0 heterocycles. The Morgan fingerprint density at radius 3 is 1.38 bits per heavy atom. The van der Waals surface area contributed by atoms with Gasteiger partial charge in [-0.15, -0.1) is 12.4 Å². The first-order chi connectivity index (χ1) is 7.45. The third kappa shape index (κ3) is 3.81. The summed E-state index contributed by atoms with van der Waals surface area (Å²) in [7, 11) is 0. The van der Waals surface area contributed by atoms with Crippen LogP contribution < -0.4 is 15.3 Å². The van der Waals surface area contributed by atoms with Crippen LogP contribution in [0.4, 0.5) is 0 Å². The first kappa shape index (κ1) is 12.4. The second-order valence-electron chi connectivity index (χ2n) is 2.91. The van der Waals surface area contributed by atoms with E-state index >= 15 is 0 Å². The maximum atomic E-state index is 5.14. The van der Waals surface area contributed by atoms with Crippen molar-refractivity contribution in [2.24, 2.45) is 0 Å². The SMILES string of the molecule is Cl.c1ccc(ONOc2ccccc2)cc1. The van der Waals surface area contributed by atoms with Crippen LogP contribution in [0.15, 0.2) is 60.7 Å². The highest BCUT2D eigenvalue weighted by Gasteiger charge is 1.92. The molecule has 2 aromatic rings. The predicted octanol–water partition coefficient (Wildman–Crippen LogP) is 2.99. The highest BCUT2D eigenvalue weighted by atomic mass is 35.5. The van der Waals surface area contributed by atoms with Gasteiger partial charge in [-0.25, -0.2) is 0 Å². The van der Waals surface area contributed by atoms with Gasteiger partial charge in [-0.2, -0.15) is 0 Å². The van der Waals surface area contributed by atoms with Crippen molar-refractivity contribution >= 4 is 12.4 Å². The molecule has 2 aromatic carbocycles. The zero-order valence-corrected chi connectivity index (χ0v) is 9.31. The van der Waals surface area contributed by atoms with Gasteiger partial charge in [0.25, 0.3) is 0 Å². The van der Waals surface area contributed by atoms with Gasteiger partial charge in [0.05, 0.1) is 0 Å². The van der Waals surface area contributed by atoms with Crippen LogP contribution in [0.1, 0.15) is 0 Å². The molecule has 1 N–H and O–H groups in total. The Balaban J connectivity index is 0.00000128. The van der Waals surface area contributed by atoms with Gasteiger partial charge in [-0.1, -0.05) is 36.4 Å². The van der Waals surface area contributed by atoms with Crippen LogP contribution in [-0.2, 0) is 0 Å². The van der Waals surface area contributed by atoms with E-state index in [0.717, 1.165) is 0 Å². The molecule has 0 fully saturated rings. The van der Waals surface area contributed by atoms with E-state index in [1.54, 1.807) is 0 Å². The molecule has 0 amide bonds. The van der Waals surface area contributed by atoms with Crippen molar-refractivity contribution in [2.75, 3.05) is 0 Å². The molecule has 0 atom stereocenters. The molecule has 0 radical (unpaired) electrons. The van der Waals surface area contributed by atoms with Gasteiger partial charge in [0.1, 0.15) is 0 Å². The Bertz CT molecular complexity index is 355. The number of nitrogens with one attached hydrogen (secondary N) is 1. The van der Waals surface area contributed by atoms with Gasteiger partial charge in [0.15, 0.2) is 11.5 Å². The maximum Gasteiger partial charge on any atom is 0.151 e. The van der Waals surface area contributed by atoms with Gasteiger partial charge < -0.3 is 9.68 Å². The molecule has 4 heteroatoms. The molecule has 0 spiro atoms. The molecule has 84 valence electrons. The summed E-state index contributed by atoms with van der Waals surface area (Å²) in [4.78, 5) is 10.3. The molecule has 0 unspecified atom stereocenters. The van der Waals surface area contributed by atoms with E-state index in [4.69, 9.17) is 9.68 Å². The minimum absolute atomic E-state index is 0. The number of hydrogen-bond acceptors (Lipinski definition) is 3. The van der Waals surface area contributed by atoms with Crippen molar-refractivity contribution < 1.29 is 9.68 Å². The second-order valence-corrected chi connectivity index (χ2v) is 2.91. The number of hydrogen-bond donors (Lipinski definition) is 1. The summed E-state index contributed by atoms with van der Waals surface area (Å²) in [5.74, 6) is 1.40. The second kappa shape index (κ2) is 6.71. The van der Waals surface area contributed by atoms with Gasteiger partial charge in [-0.05, 0) is 24.3 Å². The molecule has 16 heavy (non-hydrogen) atoms. The Morgan fingerprint density at radius 1 is 0.625 bits per heavy atom. The Kier molecular flexibility index (Phi) is 5.19. The minimum atomic E-state index is 0. The third-order valence-corrected chi connectivity index (χ3v) is 1.81. The van der Waals surface area contributed by atoms with Crippen LogP contribution in [0.3, 0.4) is 0 Å². The van der Waals surface area contributed by atoms with E-state index in [-0.39, 0.29) is 12.4 Å². The summed E-state index contributed by atoms with van der Waals surface area (Å²) in [5.41, 5.74) is 2.42. The molecule has 0 aliphatic carbocycles. The monoisotopic (exact) mass is 237 g/mol. The Labute approximate surface area is 100 Å². The smallest absolute Gasteiger partial charge is 0.151 e. The number of halogens is 1. The highest BCUT2D eigenvalue weighted by molar-refractivity contribution is 5.85. The standard InChI is InChI=1S/C12H11NO2.ClH/c1-3-7-11(8-4-1)14-13-15-12-9-5-2-6-10-12;/h1-10,13H;1H. The molecule has 2 rings (SSSR count). The van der Waals surface area contributed by atoms with Crippen molar-refractivity contribution in [3.05, 3.63) is 60.7 Å². The van der Waals surface area contributed by atoms with E-state index in [1.165, 1.54) is 0 Å². The summed E-state index contributed by atoms with van der Waals surface area (Å²) in [6, 6.07) is 18.7. The molecule has 0 aromatic heterocycles. The lowest BCUT2D eigenvalue weighted by Gasteiger charge is -2.07.